The maximum absolute atomic E-state index is 12.1. The molecule has 0 heterocycles. The summed E-state index contributed by atoms with van der Waals surface area (Å²) in [6.07, 6.45) is -1.66. The Kier molecular flexibility index (Phi) is 19.3. The standard InChI is InChI=1S/C27H55N7O6/c1-6-18(3)34-26(40)24(38)22(36)21(35)23(37)25(39)32-15-14-30-19(28)12-10-8-9-11-13-20(29)31-16-17-33-27(4,5)7-2/h18,21-24,33,35-38H,6-17H2,1-5H3,(H2,28,30)(H2,29,31)(H,32,39)(H,34,40)/t18?,21-,22+,23+,24-/m0/s1. The van der Waals surface area contributed by atoms with E-state index in [1.165, 1.54) is 0 Å². The van der Waals surface area contributed by atoms with Crippen LogP contribution in [0.25, 0.3) is 0 Å². The molecule has 11 N–H and O–H groups in total. The van der Waals surface area contributed by atoms with Crippen molar-refractivity contribution in [1.29, 1.82) is 10.8 Å². The third-order valence-electron chi connectivity index (χ3n) is 6.85. The molecule has 0 aromatic rings. The summed E-state index contributed by atoms with van der Waals surface area (Å²) in [5.41, 5.74) is 0.107. The van der Waals surface area contributed by atoms with Gasteiger partial charge < -0.3 is 47.0 Å². The van der Waals surface area contributed by atoms with E-state index >= 15 is 0 Å². The van der Waals surface area contributed by atoms with Crippen molar-refractivity contribution in [1.82, 2.24) is 26.6 Å². The molecule has 13 heteroatoms. The van der Waals surface area contributed by atoms with Crippen LogP contribution in [0.2, 0.25) is 0 Å². The molecule has 0 spiro atoms. The number of rotatable bonds is 22. The Morgan fingerprint density at radius 3 is 1.65 bits per heavy atom. The molecule has 0 fully saturated rings. The Morgan fingerprint density at radius 2 is 1.18 bits per heavy atom. The second-order valence-corrected chi connectivity index (χ2v) is 10.9. The summed E-state index contributed by atoms with van der Waals surface area (Å²) in [6, 6.07) is -0.259. The normalized spacial score (nSPS) is 15.3. The van der Waals surface area contributed by atoms with Gasteiger partial charge in [-0.15, -0.1) is 0 Å². The third kappa shape index (κ3) is 16.7. The van der Waals surface area contributed by atoms with Gasteiger partial charge in [0.25, 0.3) is 11.8 Å². The molecule has 0 saturated heterocycles. The molecule has 0 aliphatic rings. The van der Waals surface area contributed by atoms with Crippen molar-refractivity contribution in [3.05, 3.63) is 0 Å². The highest BCUT2D eigenvalue weighted by Gasteiger charge is 2.37. The van der Waals surface area contributed by atoms with Crippen molar-refractivity contribution in [2.45, 2.75) is 122 Å². The molecule has 0 radical (unpaired) electrons. The predicted octanol–water partition coefficient (Wildman–Crippen LogP) is -0.287. The predicted molar refractivity (Wildman–Crippen MR) is 156 cm³/mol. The van der Waals surface area contributed by atoms with Crippen LogP contribution in [0.5, 0.6) is 0 Å². The number of carbonyl (C=O) groups is 2. The average molecular weight is 574 g/mol. The van der Waals surface area contributed by atoms with Crippen molar-refractivity contribution >= 4 is 23.5 Å². The average Bonchev–Trinajstić information content (AvgIpc) is 2.93. The molecule has 13 nitrogen and oxygen atoms in total. The fraction of sp³-hybridized carbons (Fsp3) is 0.852. The van der Waals surface area contributed by atoms with E-state index in [9.17, 15) is 30.0 Å². The van der Waals surface area contributed by atoms with Crippen LogP contribution >= 0.6 is 0 Å². The Bertz CT molecular complexity index is 768. The van der Waals surface area contributed by atoms with Crippen LogP contribution < -0.4 is 26.6 Å². The molecular weight excluding hydrogens is 518 g/mol. The van der Waals surface area contributed by atoms with Crippen LogP contribution in [0.3, 0.4) is 0 Å². The molecule has 234 valence electrons. The van der Waals surface area contributed by atoms with E-state index < -0.39 is 36.2 Å². The van der Waals surface area contributed by atoms with Crippen LogP contribution in [-0.4, -0.2) is 106 Å². The van der Waals surface area contributed by atoms with Crippen molar-refractivity contribution in [2.24, 2.45) is 0 Å². The number of carbonyl (C=O) groups excluding carboxylic acids is 2. The van der Waals surface area contributed by atoms with Gasteiger partial charge >= 0.3 is 0 Å². The minimum absolute atomic E-state index is 0.0543. The fourth-order valence-corrected chi connectivity index (χ4v) is 3.49. The van der Waals surface area contributed by atoms with Gasteiger partial charge in [-0.05, 0) is 46.5 Å². The smallest absolute Gasteiger partial charge is 0.251 e. The molecule has 0 aromatic heterocycles. The fourth-order valence-electron chi connectivity index (χ4n) is 3.49. The van der Waals surface area contributed by atoms with E-state index in [2.05, 4.69) is 47.4 Å². The molecule has 40 heavy (non-hydrogen) atoms. The van der Waals surface area contributed by atoms with Crippen LogP contribution in [0.1, 0.15) is 86.0 Å². The quantitative estimate of drug-likeness (QED) is 0.0464. The topological polar surface area (TPSA) is 223 Å². The molecule has 0 aliphatic heterocycles. The van der Waals surface area contributed by atoms with Crippen LogP contribution in [0, 0.1) is 10.8 Å². The minimum atomic E-state index is -2.07. The van der Waals surface area contributed by atoms with Gasteiger partial charge in [0, 0.05) is 50.6 Å². The lowest BCUT2D eigenvalue weighted by atomic mass is 10.0. The first-order chi connectivity index (χ1) is 18.8. The first-order valence-electron chi connectivity index (χ1n) is 14.4. The van der Waals surface area contributed by atoms with E-state index in [1.54, 1.807) is 6.92 Å². The summed E-state index contributed by atoms with van der Waals surface area (Å²) in [6.45, 7) is 11.8. The molecule has 0 saturated carbocycles. The Labute approximate surface area is 239 Å². The molecule has 5 atom stereocenters. The zero-order valence-corrected chi connectivity index (χ0v) is 25.0. The summed E-state index contributed by atoms with van der Waals surface area (Å²) in [5.74, 6) is -1.03. The molecule has 0 aromatic carbocycles. The molecule has 0 rings (SSSR count). The number of hydrogen-bond acceptors (Lipinski definition) is 9. The number of amides is 2. The number of nitrogens with one attached hydrogen (secondary N) is 7. The van der Waals surface area contributed by atoms with Crippen molar-refractivity contribution in [3.8, 4) is 0 Å². The zero-order chi connectivity index (χ0) is 30.7. The summed E-state index contributed by atoms with van der Waals surface area (Å²) < 4.78 is 0. The molecule has 2 amide bonds. The Hall–Kier alpha value is -2.32. The van der Waals surface area contributed by atoms with Gasteiger partial charge in [0.15, 0.2) is 12.2 Å². The van der Waals surface area contributed by atoms with Gasteiger partial charge in [0.2, 0.25) is 0 Å². The summed E-state index contributed by atoms with van der Waals surface area (Å²) in [7, 11) is 0. The van der Waals surface area contributed by atoms with Gasteiger partial charge in [0.05, 0.1) is 11.7 Å². The highest BCUT2D eigenvalue weighted by molar-refractivity contribution is 5.83. The first-order valence-corrected chi connectivity index (χ1v) is 14.4. The van der Waals surface area contributed by atoms with Crippen molar-refractivity contribution < 1.29 is 30.0 Å². The van der Waals surface area contributed by atoms with E-state index in [0.29, 0.717) is 30.9 Å². The van der Waals surface area contributed by atoms with E-state index in [-0.39, 0.29) is 24.7 Å². The summed E-state index contributed by atoms with van der Waals surface area (Å²) >= 11 is 0. The van der Waals surface area contributed by atoms with E-state index in [0.717, 1.165) is 45.2 Å². The van der Waals surface area contributed by atoms with Gasteiger partial charge in [-0.1, -0.05) is 26.7 Å². The first kappa shape index (κ1) is 37.7. The van der Waals surface area contributed by atoms with Gasteiger partial charge in [-0.2, -0.15) is 0 Å². The summed E-state index contributed by atoms with van der Waals surface area (Å²) in [4.78, 5) is 24.0. The van der Waals surface area contributed by atoms with Gasteiger partial charge in [0.1, 0.15) is 12.2 Å². The van der Waals surface area contributed by atoms with Crippen molar-refractivity contribution in [3.63, 3.8) is 0 Å². The Balaban J connectivity index is 3.98. The van der Waals surface area contributed by atoms with Crippen molar-refractivity contribution in [2.75, 3.05) is 26.2 Å². The van der Waals surface area contributed by atoms with Gasteiger partial charge in [-0.25, -0.2) is 0 Å². The van der Waals surface area contributed by atoms with E-state index in [1.807, 2.05) is 6.92 Å². The lowest BCUT2D eigenvalue weighted by Gasteiger charge is -2.26. The van der Waals surface area contributed by atoms with Gasteiger partial charge in [-0.3, -0.25) is 20.4 Å². The second kappa shape index (κ2) is 20.5. The van der Waals surface area contributed by atoms with Crippen LogP contribution in [0.15, 0.2) is 0 Å². The number of amidine groups is 2. The summed E-state index contributed by atoms with van der Waals surface area (Å²) in [5, 5.41) is 70.1. The second-order valence-electron chi connectivity index (χ2n) is 10.9. The number of hydrogen-bond donors (Lipinski definition) is 11. The maximum atomic E-state index is 12.1. The highest BCUT2D eigenvalue weighted by Crippen LogP contribution is 2.08. The number of unbranched alkanes of at least 4 members (excludes halogenated alkanes) is 3. The van der Waals surface area contributed by atoms with Crippen LogP contribution in [-0.2, 0) is 9.59 Å². The largest absolute Gasteiger partial charge is 0.387 e. The van der Waals surface area contributed by atoms with E-state index in [4.69, 9.17) is 10.8 Å². The van der Waals surface area contributed by atoms with Crippen LogP contribution in [0.4, 0.5) is 0 Å². The molecular formula is C27H55N7O6. The Morgan fingerprint density at radius 1 is 0.725 bits per heavy atom. The number of aliphatic hydroxyl groups excluding tert-OH is 4. The lowest BCUT2D eigenvalue weighted by Crippen LogP contribution is -2.55. The molecule has 1 unspecified atom stereocenters. The number of aliphatic hydroxyl groups is 4. The third-order valence-corrected chi connectivity index (χ3v) is 6.85. The molecule has 0 aliphatic carbocycles. The highest BCUT2D eigenvalue weighted by atomic mass is 16.4. The molecule has 0 bridgehead atoms. The SMILES string of the molecule is CCC(C)NC(=O)[C@@H](O)[C@H](O)[C@H](O)[C@@H](O)C(=O)NCCNC(=N)CCCCCCC(=N)NCCNC(C)(C)CC. The lowest BCUT2D eigenvalue weighted by molar-refractivity contribution is -0.155. The zero-order valence-electron chi connectivity index (χ0n) is 25.0. The monoisotopic (exact) mass is 573 g/mol. The maximum Gasteiger partial charge on any atom is 0.251 e. The minimum Gasteiger partial charge on any atom is -0.387 e.